The monoisotopic (exact) mass is 213 g/mol. The van der Waals surface area contributed by atoms with Gasteiger partial charge in [-0.2, -0.15) is 0 Å². The predicted molar refractivity (Wildman–Crippen MR) is 57.5 cm³/mol. The largest absolute Gasteiger partial charge is 0.443 e. The van der Waals surface area contributed by atoms with E-state index in [1.54, 1.807) is 11.1 Å². The Balaban J connectivity index is 2.62. The normalized spacial score (nSPS) is 18.1. The Labute approximate surface area is 90.8 Å². The van der Waals surface area contributed by atoms with Crippen molar-refractivity contribution in [3.63, 3.8) is 0 Å². The maximum absolute atomic E-state index is 11.7. The number of amides is 1. The first-order valence-electron chi connectivity index (χ1n) is 5.13. The first-order valence-corrected chi connectivity index (χ1v) is 5.13. The molecule has 0 fully saturated rings. The molecule has 0 aromatic heterocycles. The smallest absolute Gasteiger partial charge is 0.414 e. The summed E-state index contributed by atoms with van der Waals surface area (Å²) >= 11 is 0. The molecule has 15 heavy (non-hydrogen) atoms. The topological polar surface area (TPSA) is 38.8 Å². The van der Waals surface area contributed by atoms with Crippen LogP contribution < -0.4 is 0 Å². The van der Waals surface area contributed by atoms with Gasteiger partial charge in [-0.25, -0.2) is 4.79 Å². The second-order valence-corrected chi connectivity index (χ2v) is 4.70. The van der Waals surface area contributed by atoms with Crippen LogP contribution in [0.5, 0.6) is 0 Å². The lowest BCUT2D eigenvalue weighted by Gasteiger charge is -2.24. The van der Waals surface area contributed by atoms with E-state index in [2.05, 4.69) is 0 Å². The van der Waals surface area contributed by atoms with Crippen molar-refractivity contribution in [3.05, 3.63) is 11.8 Å². The third-order valence-corrected chi connectivity index (χ3v) is 1.81. The summed E-state index contributed by atoms with van der Waals surface area (Å²) in [7, 11) is 0. The van der Waals surface area contributed by atoms with Gasteiger partial charge < -0.3 is 9.47 Å². The zero-order valence-corrected chi connectivity index (χ0v) is 9.87. The van der Waals surface area contributed by atoms with Gasteiger partial charge in [0.1, 0.15) is 5.60 Å². The molecule has 1 aliphatic rings. The molecular weight excluding hydrogens is 194 g/mol. The summed E-state index contributed by atoms with van der Waals surface area (Å²) in [6.45, 7) is 9.18. The second kappa shape index (κ2) is 4.66. The van der Waals surface area contributed by atoms with Crippen LogP contribution in [0, 0.1) is 0 Å². The van der Waals surface area contributed by atoms with Crippen molar-refractivity contribution in [2.24, 2.45) is 0 Å². The number of carbonyl (C=O) groups excluding carboxylic acids is 1. The summed E-state index contributed by atoms with van der Waals surface area (Å²) < 4.78 is 10.6. The molecule has 1 aliphatic heterocycles. The van der Waals surface area contributed by atoms with E-state index in [9.17, 15) is 4.79 Å². The molecule has 0 spiro atoms. The van der Waals surface area contributed by atoms with E-state index in [0.29, 0.717) is 19.8 Å². The summed E-state index contributed by atoms with van der Waals surface area (Å²) in [4.78, 5) is 13.3. The highest BCUT2D eigenvalue weighted by Gasteiger charge is 2.21. The molecule has 0 saturated heterocycles. The van der Waals surface area contributed by atoms with Crippen LogP contribution in [0.1, 0.15) is 27.7 Å². The highest BCUT2D eigenvalue weighted by molar-refractivity contribution is 5.69. The number of nitrogens with zero attached hydrogens (tertiary/aromatic N) is 1. The van der Waals surface area contributed by atoms with E-state index in [0.717, 1.165) is 5.57 Å². The Kier molecular flexibility index (Phi) is 3.74. The molecule has 1 heterocycles. The van der Waals surface area contributed by atoms with Gasteiger partial charge in [-0.15, -0.1) is 0 Å². The Morgan fingerprint density at radius 2 is 2.20 bits per heavy atom. The van der Waals surface area contributed by atoms with E-state index >= 15 is 0 Å². The summed E-state index contributed by atoms with van der Waals surface area (Å²) in [6, 6.07) is 0. The predicted octanol–water partition coefficient (Wildman–Crippen LogP) is 2.16. The number of ether oxygens (including phenoxy) is 2. The van der Waals surface area contributed by atoms with Crippen molar-refractivity contribution in [3.8, 4) is 0 Å². The molecule has 4 heteroatoms. The van der Waals surface area contributed by atoms with Crippen LogP contribution in [0.15, 0.2) is 11.8 Å². The summed E-state index contributed by atoms with van der Waals surface area (Å²) in [6.07, 6.45) is 1.48. The molecule has 0 radical (unpaired) electrons. The first-order chi connectivity index (χ1) is 6.88. The summed E-state index contributed by atoms with van der Waals surface area (Å²) in [5.41, 5.74) is 0.574. The van der Waals surface area contributed by atoms with E-state index in [4.69, 9.17) is 9.47 Å². The van der Waals surface area contributed by atoms with Crippen molar-refractivity contribution < 1.29 is 14.3 Å². The minimum absolute atomic E-state index is 0.313. The first kappa shape index (κ1) is 12.0. The standard InChI is InChI=1S/C11H19NO3/c1-9-7-12(5-6-14-8-9)10(13)15-11(2,3)4/h7H,5-6,8H2,1-4H3. The van der Waals surface area contributed by atoms with Crippen LogP contribution >= 0.6 is 0 Å². The Hall–Kier alpha value is -1.03. The molecule has 0 unspecified atom stereocenters. The molecule has 0 aromatic rings. The van der Waals surface area contributed by atoms with Crippen LogP contribution in [0.4, 0.5) is 4.79 Å². The summed E-state index contributed by atoms with van der Waals surface area (Å²) in [5, 5.41) is 0. The number of carbonyl (C=O) groups is 1. The van der Waals surface area contributed by atoms with Crippen LogP contribution in [0.2, 0.25) is 0 Å². The van der Waals surface area contributed by atoms with Gasteiger partial charge in [0.15, 0.2) is 0 Å². The van der Waals surface area contributed by atoms with Crippen molar-refractivity contribution in [1.29, 1.82) is 0 Å². The Morgan fingerprint density at radius 1 is 1.53 bits per heavy atom. The quantitative estimate of drug-likeness (QED) is 0.619. The fourth-order valence-corrected chi connectivity index (χ4v) is 1.23. The van der Waals surface area contributed by atoms with Gasteiger partial charge >= 0.3 is 6.09 Å². The van der Waals surface area contributed by atoms with Gasteiger partial charge in [-0.3, -0.25) is 4.90 Å². The SMILES string of the molecule is CC1=CN(C(=O)OC(C)(C)C)CCOC1. The van der Waals surface area contributed by atoms with Crippen molar-refractivity contribution in [2.45, 2.75) is 33.3 Å². The van der Waals surface area contributed by atoms with E-state index in [1.807, 2.05) is 27.7 Å². The fraction of sp³-hybridized carbons (Fsp3) is 0.727. The highest BCUT2D eigenvalue weighted by Crippen LogP contribution is 2.12. The van der Waals surface area contributed by atoms with Crippen molar-refractivity contribution >= 4 is 6.09 Å². The van der Waals surface area contributed by atoms with Gasteiger partial charge in [0, 0.05) is 6.20 Å². The molecule has 0 bridgehead atoms. The second-order valence-electron chi connectivity index (χ2n) is 4.70. The number of hydrogen-bond acceptors (Lipinski definition) is 3. The molecule has 0 N–H and O–H groups in total. The lowest BCUT2D eigenvalue weighted by Crippen LogP contribution is -2.34. The highest BCUT2D eigenvalue weighted by atomic mass is 16.6. The van der Waals surface area contributed by atoms with Gasteiger partial charge in [-0.05, 0) is 33.3 Å². The third-order valence-electron chi connectivity index (χ3n) is 1.81. The molecule has 0 atom stereocenters. The number of hydrogen-bond donors (Lipinski definition) is 0. The van der Waals surface area contributed by atoms with Gasteiger partial charge in [0.25, 0.3) is 0 Å². The average Bonchev–Trinajstić information content (AvgIpc) is 2.26. The zero-order valence-electron chi connectivity index (χ0n) is 9.87. The maximum Gasteiger partial charge on any atom is 0.414 e. The van der Waals surface area contributed by atoms with Gasteiger partial charge in [-0.1, -0.05) is 0 Å². The fourth-order valence-electron chi connectivity index (χ4n) is 1.23. The van der Waals surface area contributed by atoms with Crippen LogP contribution in [0.25, 0.3) is 0 Å². The molecular formula is C11H19NO3. The lowest BCUT2D eigenvalue weighted by molar-refractivity contribution is 0.0304. The molecule has 0 saturated carbocycles. The van der Waals surface area contributed by atoms with Gasteiger partial charge in [0.05, 0.1) is 19.8 Å². The van der Waals surface area contributed by atoms with Crippen LogP contribution in [-0.2, 0) is 9.47 Å². The van der Waals surface area contributed by atoms with Gasteiger partial charge in [0.2, 0.25) is 0 Å². The van der Waals surface area contributed by atoms with Crippen molar-refractivity contribution in [2.75, 3.05) is 19.8 Å². The minimum atomic E-state index is -0.452. The maximum atomic E-state index is 11.7. The van der Waals surface area contributed by atoms with E-state index < -0.39 is 5.60 Å². The van der Waals surface area contributed by atoms with E-state index in [-0.39, 0.29) is 6.09 Å². The molecule has 86 valence electrons. The molecule has 0 aliphatic carbocycles. The average molecular weight is 213 g/mol. The summed E-state index contributed by atoms with van der Waals surface area (Å²) in [5.74, 6) is 0. The molecule has 1 amide bonds. The van der Waals surface area contributed by atoms with Crippen LogP contribution in [0.3, 0.4) is 0 Å². The Bertz CT molecular complexity index is 265. The Morgan fingerprint density at radius 3 is 2.80 bits per heavy atom. The lowest BCUT2D eigenvalue weighted by atomic mass is 10.2. The molecule has 4 nitrogen and oxygen atoms in total. The third kappa shape index (κ3) is 4.34. The van der Waals surface area contributed by atoms with Crippen molar-refractivity contribution in [1.82, 2.24) is 4.90 Å². The number of rotatable bonds is 0. The van der Waals surface area contributed by atoms with Crippen LogP contribution in [-0.4, -0.2) is 36.4 Å². The molecule has 1 rings (SSSR count). The van der Waals surface area contributed by atoms with E-state index in [1.165, 1.54) is 0 Å². The minimum Gasteiger partial charge on any atom is -0.443 e. The zero-order chi connectivity index (χ0) is 11.5. The molecule has 0 aromatic carbocycles.